The predicted octanol–water partition coefficient (Wildman–Crippen LogP) is 2.02. The van der Waals surface area contributed by atoms with Crippen LogP contribution in [-0.4, -0.2) is 12.6 Å². The Morgan fingerprint density at radius 2 is 2.40 bits per heavy atom. The van der Waals surface area contributed by atoms with Crippen LogP contribution in [0.5, 0.6) is 0 Å². The Balaban J connectivity index is 3.04. The molecule has 1 rings (SSSR count). The lowest BCUT2D eigenvalue weighted by molar-refractivity contribution is 0.0527. The molecule has 78 valence electrons. The lowest BCUT2D eigenvalue weighted by atomic mass is 10.2. The molecule has 0 aliphatic rings. The highest BCUT2D eigenvalue weighted by Gasteiger charge is 2.13. The molecule has 4 nitrogen and oxygen atoms in total. The van der Waals surface area contributed by atoms with E-state index in [1.807, 2.05) is 5.40 Å². The molecule has 1 aromatic carbocycles. The van der Waals surface area contributed by atoms with Gasteiger partial charge in [0.1, 0.15) is 5.40 Å². The number of carbonyl (C=O) groups excluding carboxylic acids is 1. The van der Waals surface area contributed by atoms with Crippen molar-refractivity contribution in [2.45, 2.75) is 11.8 Å². The third-order valence-electron chi connectivity index (χ3n) is 1.72. The van der Waals surface area contributed by atoms with Crippen LogP contribution < -0.4 is 5.73 Å². The normalized spacial score (nSPS) is 9.33. The second kappa shape index (κ2) is 5.27. The monoisotopic (exact) mass is 222 g/mol. The smallest absolute Gasteiger partial charge is 0.340 e. The molecule has 0 bridgehead atoms. The van der Waals surface area contributed by atoms with Crippen molar-refractivity contribution in [3.63, 3.8) is 0 Å². The molecular formula is C10H10N2O2S. The Hall–Kier alpha value is -1.67. The zero-order valence-corrected chi connectivity index (χ0v) is 9.00. The molecule has 0 radical (unpaired) electrons. The highest BCUT2D eigenvalue weighted by molar-refractivity contribution is 8.03. The van der Waals surface area contributed by atoms with Gasteiger partial charge in [-0.15, -0.1) is 0 Å². The first-order chi connectivity index (χ1) is 7.20. The van der Waals surface area contributed by atoms with Crippen molar-refractivity contribution in [3.05, 3.63) is 23.8 Å². The van der Waals surface area contributed by atoms with Gasteiger partial charge in [-0.25, -0.2) is 4.79 Å². The molecule has 0 aliphatic heterocycles. The van der Waals surface area contributed by atoms with E-state index in [0.29, 0.717) is 22.8 Å². The second-order valence-corrected chi connectivity index (χ2v) is 3.46. The van der Waals surface area contributed by atoms with Gasteiger partial charge in [0.05, 0.1) is 17.9 Å². The Morgan fingerprint density at radius 1 is 1.67 bits per heavy atom. The van der Waals surface area contributed by atoms with Gasteiger partial charge in [-0.3, -0.25) is 0 Å². The molecule has 2 N–H and O–H groups in total. The van der Waals surface area contributed by atoms with Gasteiger partial charge in [0, 0.05) is 4.90 Å². The zero-order valence-electron chi connectivity index (χ0n) is 8.19. The zero-order chi connectivity index (χ0) is 11.3. The van der Waals surface area contributed by atoms with Gasteiger partial charge < -0.3 is 10.5 Å². The molecule has 15 heavy (non-hydrogen) atoms. The van der Waals surface area contributed by atoms with Crippen LogP contribution in [0.2, 0.25) is 0 Å². The number of hydrogen-bond donors (Lipinski definition) is 1. The first-order valence-corrected chi connectivity index (χ1v) is 5.14. The Kier molecular flexibility index (Phi) is 4.01. The summed E-state index contributed by atoms with van der Waals surface area (Å²) in [5.41, 5.74) is 6.32. The number of nitrogens with zero attached hydrogens (tertiary/aromatic N) is 1. The predicted molar refractivity (Wildman–Crippen MR) is 58.3 cm³/mol. The van der Waals surface area contributed by atoms with Gasteiger partial charge in [0.2, 0.25) is 0 Å². The van der Waals surface area contributed by atoms with E-state index in [-0.39, 0.29) is 0 Å². The number of anilines is 1. The van der Waals surface area contributed by atoms with Crippen molar-refractivity contribution in [1.82, 2.24) is 0 Å². The van der Waals surface area contributed by atoms with Gasteiger partial charge in [-0.05, 0) is 30.8 Å². The molecule has 0 heterocycles. The second-order valence-electron chi connectivity index (χ2n) is 2.63. The fourth-order valence-electron chi connectivity index (χ4n) is 1.07. The number of thiocyanates is 1. The maximum absolute atomic E-state index is 11.4. The molecule has 0 spiro atoms. The van der Waals surface area contributed by atoms with Gasteiger partial charge in [0.25, 0.3) is 0 Å². The summed E-state index contributed by atoms with van der Waals surface area (Å²) in [4.78, 5) is 12.0. The van der Waals surface area contributed by atoms with E-state index in [2.05, 4.69) is 0 Å². The molecular weight excluding hydrogens is 212 g/mol. The van der Waals surface area contributed by atoms with E-state index in [1.165, 1.54) is 0 Å². The summed E-state index contributed by atoms with van der Waals surface area (Å²) in [6.07, 6.45) is 0. The summed E-state index contributed by atoms with van der Waals surface area (Å²) in [6.45, 7) is 2.02. The number of nitrogens with two attached hydrogens (primary N) is 1. The lowest BCUT2D eigenvalue weighted by Gasteiger charge is -2.07. The number of benzene rings is 1. The number of thioether (sulfide) groups is 1. The number of carbonyl (C=O) groups is 1. The van der Waals surface area contributed by atoms with Crippen molar-refractivity contribution in [3.8, 4) is 5.40 Å². The first-order valence-electron chi connectivity index (χ1n) is 4.32. The van der Waals surface area contributed by atoms with E-state index in [4.69, 9.17) is 15.7 Å². The fraction of sp³-hybridized carbons (Fsp3) is 0.200. The van der Waals surface area contributed by atoms with Gasteiger partial charge >= 0.3 is 5.97 Å². The van der Waals surface area contributed by atoms with Crippen LogP contribution in [0.3, 0.4) is 0 Å². The lowest BCUT2D eigenvalue weighted by Crippen LogP contribution is -2.08. The highest BCUT2D eigenvalue weighted by Crippen LogP contribution is 2.27. The minimum absolute atomic E-state index is 0.294. The van der Waals surface area contributed by atoms with Crippen LogP contribution in [0.25, 0.3) is 0 Å². The Labute approximate surface area is 92.0 Å². The van der Waals surface area contributed by atoms with Crippen molar-refractivity contribution >= 4 is 23.4 Å². The van der Waals surface area contributed by atoms with Crippen LogP contribution in [-0.2, 0) is 4.74 Å². The third kappa shape index (κ3) is 2.64. The fourth-order valence-corrected chi connectivity index (χ4v) is 1.53. The van der Waals surface area contributed by atoms with Crippen molar-refractivity contribution in [2.75, 3.05) is 12.3 Å². The number of ether oxygens (including phenoxy) is 1. The summed E-state index contributed by atoms with van der Waals surface area (Å²) < 4.78 is 4.83. The van der Waals surface area contributed by atoms with Gasteiger partial charge in [0.15, 0.2) is 0 Å². The van der Waals surface area contributed by atoms with Crippen molar-refractivity contribution < 1.29 is 9.53 Å². The summed E-state index contributed by atoms with van der Waals surface area (Å²) in [7, 11) is 0. The van der Waals surface area contributed by atoms with Crippen molar-refractivity contribution in [2.24, 2.45) is 0 Å². The number of rotatable bonds is 3. The molecule has 1 aromatic rings. The topological polar surface area (TPSA) is 76.1 Å². The van der Waals surface area contributed by atoms with Gasteiger partial charge in [-0.1, -0.05) is 6.07 Å². The largest absolute Gasteiger partial charge is 0.462 e. The number of hydrogen-bond acceptors (Lipinski definition) is 5. The molecule has 0 unspecified atom stereocenters. The maximum atomic E-state index is 11.4. The minimum Gasteiger partial charge on any atom is -0.462 e. The molecule has 0 aromatic heterocycles. The van der Waals surface area contributed by atoms with Crippen LogP contribution >= 0.6 is 11.8 Å². The Bertz CT molecular complexity index is 412. The van der Waals surface area contributed by atoms with Crippen LogP contribution in [0.15, 0.2) is 23.1 Å². The van der Waals surface area contributed by atoms with Crippen LogP contribution in [0.1, 0.15) is 17.3 Å². The molecule has 0 amide bonds. The summed E-state index contributed by atoms with van der Waals surface area (Å²) >= 11 is 0.924. The Morgan fingerprint density at radius 3 is 3.00 bits per heavy atom. The average molecular weight is 222 g/mol. The minimum atomic E-state index is -0.463. The molecule has 5 heteroatoms. The molecule has 0 atom stereocenters. The number of nitriles is 1. The number of nitrogen functional groups attached to an aromatic ring is 1. The van der Waals surface area contributed by atoms with Crippen LogP contribution in [0, 0.1) is 10.7 Å². The summed E-state index contributed by atoms with van der Waals surface area (Å²) in [6, 6.07) is 4.93. The quantitative estimate of drug-likeness (QED) is 0.366. The van der Waals surface area contributed by atoms with E-state index in [1.54, 1.807) is 25.1 Å². The summed E-state index contributed by atoms with van der Waals surface area (Å²) in [5, 5.41) is 10.4. The van der Waals surface area contributed by atoms with Crippen molar-refractivity contribution in [1.29, 1.82) is 5.26 Å². The number of esters is 1. The molecule has 0 saturated heterocycles. The summed E-state index contributed by atoms with van der Waals surface area (Å²) in [5.74, 6) is -0.463. The highest BCUT2D eigenvalue weighted by atomic mass is 32.2. The maximum Gasteiger partial charge on any atom is 0.340 e. The first kappa shape index (κ1) is 11.4. The SMILES string of the molecule is CCOC(=O)c1cccc(SC#N)c1N. The standard InChI is InChI=1S/C10H10N2O2S/c1-2-14-10(13)7-4-3-5-8(9(7)12)15-6-11/h3-5H,2,12H2,1H3. The van der Waals surface area contributed by atoms with E-state index >= 15 is 0 Å². The average Bonchev–Trinajstić information content (AvgIpc) is 2.22. The van der Waals surface area contributed by atoms with Gasteiger partial charge in [-0.2, -0.15) is 5.26 Å². The van der Waals surface area contributed by atoms with E-state index < -0.39 is 5.97 Å². The van der Waals surface area contributed by atoms with E-state index in [9.17, 15) is 4.79 Å². The molecule has 0 saturated carbocycles. The number of para-hydroxylation sites is 1. The molecule has 0 aliphatic carbocycles. The van der Waals surface area contributed by atoms with E-state index in [0.717, 1.165) is 11.8 Å². The third-order valence-corrected chi connectivity index (χ3v) is 2.38. The van der Waals surface area contributed by atoms with Crippen LogP contribution in [0.4, 0.5) is 5.69 Å². The molecule has 0 fully saturated rings.